The van der Waals surface area contributed by atoms with Crippen molar-refractivity contribution in [2.45, 2.75) is 32.2 Å². The Labute approximate surface area is 89.4 Å². The summed E-state index contributed by atoms with van der Waals surface area (Å²) in [5.74, 6) is -1.12. The number of rotatable bonds is 6. The van der Waals surface area contributed by atoms with Crippen LogP contribution in [0.1, 0.15) is 26.2 Å². The lowest BCUT2D eigenvalue weighted by Gasteiger charge is -2.30. The lowest BCUT2D eigenvalue weighted by molar-refractivity contribution is -0.139. The first kappa shape index (κ1) is 12.4. The zero-order chi connectivity index (χ0) is 11.5. The van der Waals surface area contributed by atoms with E-state index >= 15 is 0 Å². The number of hydrogen-bond donors (Lipinski definition) is 2. The van der Waals surface area contributed by atoms with Crippen molar-refractivity contribution in [1.29, 1.82) is 0 Å². The molecule has 0 aliphatic carbocycles. The van der Waals surface area contributed by atoms with Crippen LogP contribution in [0, 0.1) is 0 Å². The highest BCUT2D eigenvalue weighted by molar-refractivity contribution is 7.87. The van der Waals surface area contributed by atoms with Gasteiger partial charge in [0.25, 0.3) is 10.2 Å². The fraction of sp³-hybridized carbons (Fsp3) is 0.875. The van der Waals surface area contributed by atoms with Gasteiger partial charge in [-0.1, -0.05) is 13.3 Å². The molecule has 1 aliphatic rings. The molecule has 1 unspecified atom stereocenters. The van der Waals surface area contributed by atoms with Crippen LogP contribution in [-0.4, -0.2) is 42.9 Å². The van der Waals surface area contributed by atoms with Gasteiger partial charge in [-0.15, -0.1) is 0 Å². The molecule has 0 radical (unpaired) electrons. The highest BCUT2D eigenvalue weighted by atomic mass is 32.2. The molecule has 0 saturated carbocycles. The fourth-order valence-electron chi connectivity index (χ4n) is 1.30. The molecule has 1 aliphatic heterocycles. The summed E-state index contributed by atoms with van der Waals surface area (Å²) in [7, 11) is -3.59. The maximum absolute atomic E-state index is 11.6. The molecular formula is C8H16N2O4S. The normalized spacial score (nSPS) is 19.5. The summed E-state index contributed by atoms with van der Waals surface area (Å²) in [4.78, 5) is 10.8. The van der Waals surface area contributed by atoms with Gasteiger partial charge in [-0.3, -0.25) is 4.79 Å². The Kier molecular flexibility index (Phi) is 4.06. The average Bonchev–Trinajstić information content (AvgIpc) is 1.98. The van der Waals surface area contributed by atoms with Gasteiger partial charge in [0.15, 0.2) is 0 Å². The molecule has 1 saturated heterocycles. The minimum atomic E-state index is -3.59. The van der Waals surface area contributed by atoms with Crippen molar-refractivity contribution >= 4 is 16.2 Å². The molecule has 6 nitrogen and oxygen atoms in total. The number of nitrogens with one attached hydrogen (secondary N) is 1. The van der Waals surface area contributed by atoms with Crippen LogP contribution >= 0.6 is 0 Å². The van der Waals surface area contributed by atoms with Crippen LogP contribution < -0.4 is 4.72 Å². The summed E-state index contributed by atoms with van der Waals surface area (Å²) >= 11 is 0. The molecule has 7 heteroatoms. The minimum Gasteiger partial charge on any atom is -0.480 e. The van der Waals surface area contributed by atoms with Gasteiger partial charge in [-0.25, -0.2) is 0 Å². The lowest BCUT2D eigenvalue weighted by atomic mass is 10.2. The molecule has 0 bridgehead atoms. The maximum Gasteiger partial charge on any atom is 0.321 e. The van der Waals surface area contributed by atoms with E-state index in [9.17, 15) is 13.2 Å². The van der Waals surface area contributed by atoms with E-state index in [0.717, 1.165) is 6.42 Å². The molecular weight excluding hydrogens is 220 g/mol. The van der Waals surface area contributed by atoms with Crippen LogP contribution in [0.15, 0.2) is 0 Å². The first-order valence-corrected chi connectivity index (χ1v) is 6.41. The van der Waals surface area contributed by atoms with E-state index in [2.05, 4.69) is 4.72 Å². The van der Waals surface area contributed by atoms with E-state index in [0.29, 0.717) is 25.9 Å². The highest BCUT2D eigenvalue weighted by Gasteiger charge is 2.31. The maximum atomic E-state index is 11.6. The third kappa shape index (κ3) is 3.15. The largest absolute Gasteiger partial charge is 0.480 e. The van der Waals surface area contributed by atoms with Crippen molar-refractivity contribution in [3.8, 4) is 0 Å². The zero-order valence-corrected chi connectivity index (χ0v) is 9.46. The second-order valence-corrected chi connectivity index (χ2v) is 5.26. The zero-order valence-electron chi connectivity index (χ0n) is 8.64. The monoisotopic (exact) mass is 236 g/mol. The molecule has 1 fully saturated rings. The third-order valence-electron chi connectivity index (χ3n) is 2.32. The molecule has 88 valence electrons. The lowest BCUT2D eigenvalue weighted by Crippen LogP contribution is -2.52. The number of aliphatic carboxylic acids is 1. The van der Waals surface area contributed by atoms with E-state index in [-0.39, 0.29) is 0 Å². The van der Waals surface area contributed by atoms with Crippen molar-refractivity contribution < 1.29 is 18.3 Å². The molecule has 2 N–H and O–H groups in total. The Morgan fingerprint density at radius 1 is 1.53 bits per heavy atom. The highest BCUT2D eigenvalue weighted by Crippen LogP contribution is 2.12. The summed E-state index contributed by atoms with van der Waals surface area (Å²) in [6.45, 7) is 2.77. The topological polar surface area (TPSA) is 86.7 Å². The SMILES string of the molecule is CCCC(NS(=O)(=O)N1CCC1)C(=O)O. The van der Waals surface area contributed by atoms with E-state index in [1.54, 1.807) is 0 Å². The first-order valence-electron chi connectivity index (χ1n) is 4.97. The van der Waals surface area contributed by atoms with Gasteiger partial charge in [-0.2, -0.15) is 17.4 Å². The molecule has 1 heterocycles. The average molecular weight is 236 g/mol. The van der Waals surface area contributed by atoms with Crippen molar-refractivity contribution in [2.75, 3.05) is 13.1 Å². The summed E-state index contributed by atoms with van der Waals surface area (Å²) in [5.41, 5.74) is 0. The van der Waals surface area contributed by atoms with E-state index < -0.39 is 22.2 Å². The van der Waals surface area contributed by atoms with E-state index in [1.165, 1.54) is 4.31 Å². The Bertz CT molecular complexity index is 324. The Morgan fingerprint density at radius 3 is 2.47 bits per heavy atom. The van der Waals surface area contributed by atoms with E-state index in [4.69, 9.17) is 5.11 Å². The summed E-state index contributed by atoms with van der Waals surface area (Å²) in [6.07, 6.45) is 1.77. The Morgan fingerprint density at radius 2 is 2.13 bits per heavy atom. The Balaban J connectivity index is 2.60. The molecule has 15 heavy (non-hydrogen) atoms. The molecule has 0 aromatic carbocycles. The number of carbonyl (C=O) groups is 1. The Hall–Kier alpha value is -0.660. The van der Waals surface area contributed by atoms with Gasteiger partial charge in [0.05, 0.1) is 0 Å². The van der Waals surface area contributed by atoms with Crippen LogP contribution in [0.3, 0.4) is 0 Å². The van der Waals surface area contributed by atoms with Gasteiger partial charge < -0.3 is 5.11 Å². The van der Waals surface area contributed by atoms with Crippen molar-refractivity contribution in [3.63, 3.8) is 0 Å². The van der Waals surface area contributed by atoms with Crippen LogP contribution in [0.2, 0.25) is 0 Å². The molecule has 1 rings (SSSR count). The summed E-state index contributed by atoms with van der Waals surface area (Å²) < 4.78 is 26.6. The van der Waals surface area contributed by atoms with Crippen LogP contribution in [0.25, 0.3) is 0 Å². The van der Waals surface area contributed by atoms with Crippen LogP contribution in [-0.2, 0) is 15.0 Å². The van der Waals surface area contributed by atoms with E-state index in [1.807, 2.05) is 6.92 Å². The van der Waals surface area contributed by atoms with Gasteiger partial charge in [-0.05, 0) is 12.8 Å². The van der Waals surface area contributed by atoms with Gasteiger partial charge in [0.1, 0.15) is 6.04 Å². The van der Waals surface area contributed by atoms with Crippen molar-refractivity contribution in [2.24, 2.45) is 0 Å². The first-order chi connectivity index (χ1) is 6.97. The van der Waals surface area contributed by atoms with Crippen molar-refractivity contribution in [3.05, 3.63) is 0 Å². The third-order valence-corrected chi connectivity index (χ3v) is 3.95. The smallest absolute Gasteiger partial charge is 0.321 e. The van der Waals surface area contributed by atoms with Crippen LogP contribution in [0.4, 0.5) is 0 Å². The predicted octanol–water partition coefficient (Wildman–Crippen LogP) is -0.220. The summed E-state index contributed by atoms with van der Waals surface area (Å²) in [5, 5.41) is 8.79. The standard InChI is InChI=1S/C8H16N2O4S/c1-2-4-7(8(11)12)9-15(13,14)10-5-3-6-10/h7,9H,2-6H2,1H3,(H,11,12). The van der Waals surface area contributed by atoms with Gasteiger partial charge >= 0.3 is 5.97 Å². The summed E-state index contributed by atoms with van der Waals surface area (Å²) in [6, 6.07) is -1.01. The number of carboxylic acid groups (broad SMARTS) is 1. The van der Waals surface area contributed by atoms with Crippen molar-refractivity contribution in [1.82, 2.24) is 9.03 Å². The number of carboxylic acids is 1. The molecule has 0 spiro atoms. The number of nitrogens with zero attached hydrogens (tertiary/aromatic N) is 1. The quantitative estimate of drug-likeness (QED) is 0.667. The second kappa shape index (κ2) is 4.91. The van der Waals surface area contributed by atoms with Gasteiger partial charge in [0.2, 0.25) is 0 Å². The molecule has 0 amide bonds. The number of hydrogen-bond acceptors (Lipinski definition) is 3. The minimum absolute atomic E-state index is 0.308. The van der Waals surface area contributed by atoms with Crippen LogP contribution in [0.5, 0.6) is 0 Å². The predicted molar refractivity (Wildman–Crippen MR) is 54.6 cm³/mol. The second-order valence-electron chi connectivity index (χ2n) is 3.55. The fourth-order valence-corrected chi connectivity index (χ4v) is 2.77. The molecule has 0 aromatic rings. The van der Waals surface area contributed by atoms with Gasteiger partial charge in [0, 0.05) is 13.1 Å². The molecule has 1 atom stereocenters. The molecule has 0 aromatic heterocycles.